The minimum Gasteiger partial charge on any atom is -0.386 e. The first-order valence-corrected chi connectivity index (χ1v) is 9.82. The normalized spacial score (nSPS) is 18.6. The molecule has 0 aromatic carbocycles. The number of hydrogen-bond acceptors (Lipinski definition) is 3. The zero-order chi connectivity index (χ0) is 17.9. The molecule has 140 valence electrons. The fourth-order valence-corrected chi connectivity index (χ4v) is 3.46. The molecule has 1 aliphatic rings. The van der Waals surface area contributed by atoms with Crippen LogP contribution in [0.1, 0.15) is 70.5 Å². The molecule has 3 N–H and O–H groups in total. The predicted molar refractivity (Wildman–Crippen MR) is 104 cm³/mol. The highest BCUT2D eigenvalue weighted by atomic mass is 16.3. The Morgan fingerprint density at radius 2 is 2.00 bits per heavy atom. The van der Waals surface area contributed by atoms with Crippen molar-refractivity contribution in [1.29, 1.82) is 0 Å². The van der Waals surface area contributed by atoms with Gasteiger partial charge in [-0.1, -0.05) is 32.1 Å². The first-order chi connectivity index (χ1) is 12.2. The summed E-state index contributed by atoms with van der Waals surface area (Å²) < 4.78 is 0. The van der Waals surface area contributed by atoms with Crippen molar-refractivity contribution in [3.8, 4) is 0 Å². The molecule has 0 amide bonds. The van der Waals surface area contributed by atoms with Crippen molar-refractivity contribution >= 4 is 5.96 Å². The number of aromatic nitrogens is 1. The zero-order valence-corrected chi connectivity index (χ0v) is 15.7. The van der Waals surface area contributed by atoms with Gasteiger partial charge in [0.25, 0.3) is 0 Å². The number of guanidine groups is 1. The molecule has 0 aliphatic heterocycles. The van der Waals surface area contributed by atoms with Crippen molar-refractivity contribution in [3.05, 3.63) is 30.1 Å². The second-order valence-electron chi connectivity index (χ2n) is 7.14. The lowest BCUT2D eigenvalue weighted by molar-refractivity contribution is 0.187. The average Bonchev–Trinajstić information content (AvgIpc) is 2.66. The molecule has 0 saturated heterocycles. The molecule has 1 fully saturated rings. The Hall–Kier alpha value is -1.62. The molecular weight excluding hydrogens is 312 g/mol. The second-order valence-corrected chi connectivity index (χ2v) is 7.14. The molecule has 1 aromatic rings. The van der Waals surface area contributed by atoms with Crippen LogP contribution >= 0.6 is 0 Å². The van der Waals surface area contributed by atoms with Crippen LogP contribution < -0.4 is 10.6 Å². The Bertz CT molecular complexity index is 500. The van der Waals surface area contributed by atoms with Gasteiger partial charge < -0.3 is 15.7 Å². The minimum atomic E-state index is -0.601. The molecule has 0 bridgehead atoms. The summed E-state index contributed by atoms with van der Waals surface area (Å²) in [4.78, 5) is 8.53. The summed E-state index contributed by atoms with van der Waals surface area (Å²) in [6, 6.07) is 4.04. The van der Waals surface area contributed by atoms with Crippen molar-refractivity contribution in [2.24, 2.45) is 10.9 Å². The Balaban J connectivity index is 1.79. The van der Waals surface area contributed by atoms with Gasteiger partial charge in [0.05, 0.1) is 12.6 Å². The van der Waals surface area contributed by atoms with Gasteiger partial charge in [-0.25, -0.2) is 0 Å². The van der Waals surface area contributed by atoms with Crippen molar-refractivity contribution in [2.75, 3.05) is 13.1 Å². The maximum absolute atomic E-state index is 10.3. The van der Waals surface area contributed by atoms with Crippen LogP contribution in [0.5, 0.6) is 0 Å². The zero-order valence-electron chi connectivity index (χ0n) is 15.7. The second kappa shape index (κ2) is 11.1. The van der Waals surface area contributed by atoms with Crippen LogP contribution in [0.15, 0.2) is 29.5 Å². The molecule has 0 radical (unpaired) electrons. The maximum atomic E-state index is 10.3. The molecule has 1 aromatic heterocycles. The molecule has 0 spiro atoms. The van der Waals surface area contributed by atoms with Crippen LogP contribution in [0.25, 0.3) is 0 Å². The molecule has 5 heteroatoms. The summed E-state index contributed by atoms with van der Waals surface area (Å²) >= 11 is 0. The Labute approximate surface area is 152 Å². The number of nitrogens with one attached hydrogen (secondary N) is 2. The summed E-state index contributed by atoms with van der Waals surface area (Å²) in [6.45, 7) is 5.43. The lowest BCUT2D eigenvalue weighted by atomic mass is 9.85. The van der Waals surface area contributed by atoms with E-state index in [0.717, 1.165) is 24.0 Å². The number of aliphatic imine (C=N–C) groups is 1. The van der Waals surface area contributed by atoms with E-state index in [1.807, 2.05) is 12.1 Å². The largest absolute Gasteiger partial charge is 0.386 e. The maximum Gasteiger partial charge on any atom is 0.191 e. The number of aliphatic hydroxyl groups is 1. The highest BCUT2D eigenvalue weighted by molar-refractivity contribution is 5.80. The molecule has 1 aliphatic carbocycles. The van der Waals surface area contributed by atoms with Gasteiger partial charge in [0.1, 0.15) is 0 Å². The Morgan fingerprint density at radius 3 is 2.68 bits per heavy atom. The third kappa shape index (κ3) is 7.43. The molecule has 1 saturated carbocycles. The van der Waals surface area contributed by atoms with Crippen LogP contribution in [0.4, 0.5) is 0 Å². The van der Waals surface area contributed by atoms with Gasteiger partial charge in [0, 0.05) is 25.0 Å². The van der Waals surface area contributed by atoms with E-state index in [1.54, 1.807) is 12.4 Å². The van der Waals surface area contributed by atoms with Gasteiger partial charge in [-0.2, -0.15) is 0 Å². The van der Waals surface area contributed by atoms with Crippen LogP contribution in [0, 0.1) is 5.92 Å². The van der Waals surface area contributed by atoms with Gasteiger partial charge in [-0.15, -0.1) is 0 Å². The van der Waals surface area contributed by atoms with Crippen molar-refractivity contribution in [1.82, 2.24) is 15.6 Å². The molecule has 25 heavy (non-hydrogen) atoms. The molecule has 1 heterocycles. The van der Waals surface area contributed by atoms with E-state index in [9.17, 15) is 5.11 Å². The summed E-state index contributed by atoms with van der Waals surface area (Å²) in [5, 5.41) is 17.0. The third-order valence-corrected chi connectivity index (χ3v) is 4.97. The standard InChI is InChI=1S/C20H34N4O/c1-3-22-20(23-15-19(25)18-11-13-21-14-12-18)24-16(2)9-10-17-7-5-4-6-8-17/h11-14,16-17,19,25H,3-10,15H2,1-2H3,(H2,22,23,24). The van der Waals surface area contributed by atoms with Gasteiger partial charge in [0.2, 0.25) is 0 Å². The van der Waals surface area contributed by atoms with Gasteiger partial charge >= 0.3 is 0 Å². The molecular formula is C20H34N4O. The van der Waals surface area contributed by atoms with E-state index in [-0.39, 0.29) is 0 Å². The molecule has 2 rings (SSSR count). The number of nitrogens with zero attached hydrogens (tertiary/aromatic N) is 2. The smallest absolute Gasteiger partial charge is 0.191 e. The Kier molecular flexibility index (Phi) is 8.73. The highest BCUT2D eigenvalue weighted by Gasteiger charge is 2.15. The minimum absolute atomic E-state index is 0.342. The van der Waals surface area contributed by atoms with Gasteiger partial charge in [0.15, 0.2) is 5.96 Å². The topological polar surface area (TPSA) is 69.5 Å². The Morgan fingerprint density at radius 1 is 1.28 bits per heavy atom. The summed E-state index contributed by atoms with van der Waals surface area (Å²) in [6.07, 6.45) is 12.3. The third-order valence-electron chi connectivity index (χ3n) is 4.97. The van der Waals surface area contributed by atoms with Gasteiger partial charge in [-0.05, 0) is 50.3 Å². The fourth-order valence-electron chi connectivity index (χ4n) is 3.46. The monoisotopic (exact) mass is 346 g/mol. The highest BCUT2D eigenvalue weighted by Crippen LogP contribution is 2.27. The summed E-state index contributed by atoms with van der Waals surface area (Å²) in [5.74, 6) is 1.69. The van der Waals surface area contributed by atoms with E-state index in [4.69, 9.17) is 0 Å². The first-order valence-electron chi connectivity index (χ1n) is 9.82. The SMILES string of the molecule is CCNC(=NCC(O)c1ccncc1)NC(C)CCC1CCCCC1. The lowest BCUT2D eigenvalue weighted by Crippen LogP contribution is -2.42. The van der Waals surface area contributed by atoms with Crippen molar-refractivity contribution < 1.29 is 5.11 Å². The fraction of sp³-hybridized carbons (Fsp3) is 0.700. The lowest BCUT2D eigenvalue weighted by Gasteiger charge is -2.24. The van der Waals surface area contributed by atoms with E-state index in [1.165, 1.54) is 44.9 Å². The van der Waals surface area contributed by atoms with E-state index < -0.39 is 6.10 Å². The van der Waals surface area contributed by atoms with Crippen molar-refractivity contribution in [2.45, 2.75) is 70.9 Å². The van der Waals surface area contributed by atoms with E-state index in [2.05, 4.69) is 34.5 Å². The molecule has 2 atom stereocenters. The molecule has 5 nitrogen and oxygen atoms in total. The number of pyridine rings is 1. The quantitative estimate of drug-likeness (QED) is 0.498. The van der Waals surface area contributed by atoms with Gasteiger partial charge in [-0.3, -0.25) is 9.98 Å². The van der Waals surface area contributed by atoms with Crippen LogP contribution in [-0.4, -0.2) is 35.2 Å². The van der Waals surface area contributed by atoms with Crippen LogP contribution in [0.3, 0.4) is 0 Å². The van der Waals surface area contributed by atoms with Crippen LogP contribution in [0.2, 0.25) is 0 Å². The van der Waals surface area contributed by atoms with E-state index >= 15 is 0 Å². The summed E-state index contributed by atoms with van der Waals surface area (Å²) in [7, 11) is 0. The number of hydrogen-bond donors (Lipinski definition) is 3. The number of rotatable bonds is 8. The van der Waals surface area contributed by atoms with E-state index in [0.29, 0.717) is 12.6 Å². The average molecular weight is 347 g/mol. The number of aliphatic hydroxyl groups excluding tert-OH is 1. The first kappa shape index (κ1) is 19.7. The summed E-state index contributed by atoms with van der Waals surface area (Å²) in [5.41, 5.74) is 0.847. The van der Waals surface area contributed by atoms with Crippen molar-refractivity contribution in [3.63, 3.8) is 0 Å². The molecule has 2 unspecified atom stereocenters. The predicted octanol–water partition coefficient (Wildman–Crippen LogP) is 3.42. The van der Waals surface area contributed by atoms with Crippen LogP contribution in [-0.2, 0) is 0 Å².